The first-order valence-corrected chi connectivity index (χ1v) is 14.1. The number of benzene rings is 2. The first-order valence-electron chi connectivity index (χ1n) is 11.6. The highest BCUT2D eigenvalue weighted by Crippen LogP contribution is 2.43. The number of aromatic hydroxyl groups is 1. The smallest absolute Gasteiger partial charge is 0.124 e. The van der Waals surface area contributed by atoms with Crippen LogP contribution in [-0.2, 0) is 13.1 Å². The van der Waals surface area contributed by atoms with E-state index in [1.807, 2.05) is 0 Å². The average Bonchev–Trinajstić information content (AvgIpc) is 3.55. The summed E-state index contributed by atoms with van der Waals surface area (Å²) < 4.78 is 0.948. The predicted molar refractivity (Wildman–Crippen MR) is 139 cm³/mol. The molecular formula is C26H30N2OS3. The Bertz CT molecular complexity index is 1100. The van der Waals surface area contributed by atoms with E-state index in [0.717, 1.165) is 54.2 Å². The summed E-state index contributed by atoms with van der Waals surface area (Å²) in [4.78, 5) is 6.17. The molecule has 3 nitrogen and oxygen atoms in total. The molecule has 2 fully saturated rings. The third-order valence-corrected chi connectivity index (χ3v) is 9.75. The molecule has 168 valence electrons. The van der Waals surface area contributed by atoms with Crippen molar-refractivity contribution in [2.24, 2.45) is 0 Å². The lowest BCUT2D eigenvalue weighted by atomic mass is 9.98. The lowest BCUT2D eigenvalue weighted by molar-refractivity contribution is 0.312. The largest absolute Gasteiger partial charge is 0.507 e. The molecule has 5 rings (SSSR count). The molecule has 2 saturated heterocycles. The van der Waals surface area contributed by atoms with Crippen molar-refractivity contribution < 1.29 is 5.11 Å². The fourth-order valence-electron chi connectivity index (χ4n) is 4.91. The normalized spacial score (nSPS) is 17.4. The number of hydrogen-bond acceptors (Lipinski definition) is 6. The molecule has 3 aromatic rings. The van der Waals surface area contributed by atoms with Crippen molar-refractivity contribution in [1.29, 1.82) is 0 Å². The number of aryl methyl sites for hydroxylation is 1. The van der Waals surface area contributed by atoms with Gasteiger partial charge in [0, 0.05) is 29.8 Å². The molecule has 0 amide bonds. The van der Waals surface area contributed by atoms with Crippen LogP contribution in [0.2, 0.25) is 0 Å². The summed E-state index contributed by atoms with van der Waals surface area (Å²) in [7, 11) is 3.45. The van der Waals surface area contributed by atoms with Gasteiger partial charge in [0.05, 0.1) is 4.88 Å². The van der Waals surface area contributed by atoms with E-state index in [1.54, 1.807) is 20.7 Å². The number of phenols is 1. The molecule has 0 atom stereocenters. The van der Waals surface area contributed by atoms with Gasteiger partial charge in [-0.1, -0.05) is 62.7 Å². The van der Waals surface area contributed by atoms with Crippen LogP contribution in [-0.4, -0.2) is 41.1 Å². The SMILES string of the molecule is Cc1ccc(-c2c(-c3cc(CN4CCCC4)c(O)c(CN4CCCC4)c3)ssc2=S)cc1. The number of rotatable bonds is 6. The van der Waals surface area contributed by atoms with E-state index >= 15 is 0 Å². The van der Waals surface area contributed by atoms with Gasteiger partial charge in [0.25, 0.3) is 0 Å². The number of nitrogens with zero attached hydrogens (tertiary/aromatic N) is 2. The maximum Gasteiger partial charge on any atom is 0.124 e. The zero-order chi connectivity index (χ0) is 22.1. The van der Waals surface area contributed by atoms with E-state index in [-0.39, 0.29) is 0 Å². The highest BCUT2D eigenvalue weighted by molar-refractivity contribution is 7.80. The quantitative estimate of drug-likeness (QED) is 0.300. The Morgan fingerprint density at radius 1 is 0.812 bits per heavy atom. The second-order valence-electron chi connectivity index (χ2n) is 9.13. The molecule has 3 heterocycles. The lowest BCUT2D eigenvalue weighted by Gasteiger charge is -2.21. The minimum absolute atomic E-state index is 0.489. The minimum Gasteiger partial charge on any atom is -0.507 e. The first kappa shape index (κ1) is 22.2. The summed E-state index contributed by atoms with van der Waals surface area (Å²) in [5.41, 5.74) is 6.91. The van der Waals surface area contributed by atoms with Crippen LogP contribution < -0.4 is 0 Å². The van der Waals surface area contributed by atoms with Crippen LogP contribution in [0.3, 0.4) is 0 Å². The van der Waals surface area contributed by atoms with Crippen LogP contribution in [0.25, 0.3) is 21.6 Å². The van der Waals surface area contributed by atoms with E-state index < -0.39 is 0 Å². The standard InChI is InChI=1S/C26H30N2OS3/c1-18-6-8-19(9-7-18)23-25(31-32-26(23)30)20-14-21(16-27-10-2-3-11-27)24(29)22(15-20)17-28-12-4-5-13-28/h6-9,14-15,29H,2-5,10-13,16-17H2,1H3. The van der Waals surface area contributed by atoms with Gasteiger partial charge in [-0.25, -0.2) is 0 Å². The Hall–Kier alpha value is -1.57. The van der Waals surface area contributed by atoms with Crippen LogP contribution in [0.5, 0.6) is 5.75 Å². The van der Waals surface area contributed by atoms with Crippen molar-refractivity contribution in [2.75, 3.05) is 26.2 Å². The molecule has 0 saturated carbocycles. The third-order valence-electron chi connectivity index (χ3n) is 6.69. The van der Waals surface area contributed by atoms with Crippen molar-refractivity contribution in [2.45, 2.75) is 45.7 Å². The Labute approximate surface area is 203 Å². The molecule has 1 aromatic heterocycles. The average molecular weight is 483 g/mol. The van der Waals surface area contributed by atoms with Gasteiger partial charge < -0.3 is 5.11 Å². The molecule has 6 heteroatoms. The lowest BCUT2D eigenvalue weighted by Crippen LogP contribution is -2.20. The zero-order valence-corrected chi connectivity index (χ0v) is 21.1. The second kappa shape index (κ2) is 9.74. The molecule has 2 aromatic carbocycles. The van der Waals surface area contributed by atoms with Gasteiger partial charge in [-0.15, -0.1) is 0 Å². The minimum atomic E-state index is 0.489. The molecule has 2 aliphatic rings. The summed E-state index contributed by atoms with van der Waals surface area (Å²) in [6, 6.07) is 13.1. The fraction of sp³-hybridized carbons (Fsp3) is 0.423. The fourth-order valence-corrected chi connectivity index (χ4v) is 7.81. The van der Waals surface area contributed by atoms with E-state index in [4.69, 9.17) is 12.2 Å². The summed E-state index contributed by atoms with van der Waals surface area (Å²) in [6.07, 6.45) is 5.02. The maximum absolute atomic E-state index is 11.2. The molecule has 0 unspecified atom stereocenters. The molecule has 1 N–H and O–H groups in total. The number of phenolic OH excluding ortho intramolecular Hbond substituents is 1. The van der Waals surface area contributed by atoms with E-state index in [0.29, 0.717) is 5.75 Å². The highest BCUT2D eigenvalue weighted by atomic mass is 32.9. The monoisotopic (exact) mass is 482 g/mol. The predicted octanol–water partition coefficient (Wildman–Crippen LogP) is 7.08. The summed E-state index contributed by atoms with van der Waals surface area (Å²) in [5, 5.41) is 11.2. The van der Waals surface area contributed by atoms with Crippen molar-refractivity contribution >= 4 is 32.9 Å². The van der Waals surface area contributed by atoms with E-state index in [2.05, 4.69) is 53.1 Å². The van der Waals surface area contributed by atoms with Crippen LogP contribution in [0, 0.1) is 10.7 Å². The zero-order valence-electron chi connectivity index (χ0n) is 18.6. The van der Waals surface area contributed by atoms with Crippen molar-refractivity contribution in [3.63, 3.8) is 0 Å². The summed E-state index contributed by atoms with van der Waals surface area (Å²) in [5.74, 6) is 0.489. The third kappa shape index (κ3) is 4.70. The van der Waals surface area contributed by atoms with Crippen LogP contribution in [0.15, 0.2) is 36.4 Å². The van der Waals surface area contributed by atoms with E-state index in [1.165, 1.54) is 52.8 Å². The molecule has 0 bridgehead atoms. The number of likely N-dealkylation sites (tertiary alicyclic amines) is 2. The van der Waals surface area contributed by atoms with Crippen LogP contribution >= 0.6 is 32.9 Å². The molecule has 0 spiro atoms. The molecule has 2 aliphatic heterocycles. The van der Waals surface area contributed by atoms with Gasteiger partial charge in [0.1, 0.15) is 9.57 Å². The van der Waals surface area contributed by atoms with Gasteiger partial charge in [0.15, 0.2) is 0 Å². The second-order valence-corrected chi connectivity index (χ2v) is 12.0. The van der Waals surface area contributed by atoms with Crippen molar-refractivity contribution in [1.82, 2.24) is 9.80 Å². The van der Waals surface area contributed by atoms with Crippen molar-refractivity contribution in [3.05, 3.63) is 56.9 Å². The first-order chi connectivity index (χ1) is 15.6. The highest BCUT2D eigenvalue weighted by Gasteiger charge is 2.22. The Balaban J connectivity index is 1.58. The molecular weight excluding hydrogens is 453 g/mol. The number of hydrogen-bond donors (Lipinski definition) is 1. The molecule has 0 aliphatic carbocycles. The molecule has 0 radical (unpaired) electrons. The van der Waals surface area contributed by atoms with Gasteiger partial charge >= 0.3 is 0 Å². The summed E-state index contributed by atoms with van der Waals surface area (Å²) in [6.45, 7) is 8.25. The Kier molecular flexibility index (Phi) is 6.76. The Morgan fingerprint density at radius 3 is 1.88 bits per heavy atom. The Morgan fingerprint density at radius 2 is 1.34 bits per heavy atom. The van der Waals surface area contributed by atoms with Crippen LogP contribution in [0.4, 0.5) is 0 Å². The van der Waals surface area contributed by atoms with E-state index in [9.17, 15) is 5.11 Å². The van der Waals surface area contributed by atoms with Gasteiger partial charge in [-0.05, 0) is 82.0 Å². The van der Waals surface area contributed by atoms with Crippen molar-refractivity contribution in [3.8, 4) is 27.3 Å². The van der Waals surface area contributed by atoms with Gasteiger partial charge in [0.2, 0.25) is 0 Å². The van der Waals surface area contributed by atoms with Crippen LogP contribution in [0.1, 0.15) is 42.4 Å². The van der Waals surface area contributed by atoms with Gasteiger partial charge in [-0.3, -0.25) is 9.80 Å². The topological polar surface area (TPSA) is 26.7 Å². The van der Waals surface area contributed by atoms with Gasteiger partial charge in [-0.2, -0.15) is 0 Å². The molecule has 32 heavy (non-hydrogen) atoms. The summed E-state index contributed by atoms with van der Waals surface area (Å²) >= 11 is 5.77. The maximum atomic E-state index is 11.2.